The van der Waals surface area contributed by atoms with Gasteiger partial charge in [-0.15, -0.1) is 0 Å². The van der Waals surface area contributed by atoms with Crippen molar-refractivity contribution in [3.05, 3.63) is 83.4 Å². The smallest absolute Gasteiger partial charge is 0.192 e. The average molecular weight is 337 g/mol. The van der Waals surface area contributed by atoms with E-state index in [-0.39, 0.29) is 11.1 Å². The van der Waals surface area contributed by atoms with Gasteiger partial charge in [0.1, 0.15) is 6.07 Å². The summed E-state index contributed by atoms with van der Waals surface area (Å²) in [7, 11) is 0. The molecule has 0 saturated heterocycles. The Bertz CT molecular complexity index is 937. The fourth-order valence-electron chi connectivity index (χ4n) is 3.03. The second-order valence-electron chi connectivity index (χ2n) is 5.71. The Kier molecular flexibility index (Phi) is 4.33. The Morgan fingerprint density at radius 1 is 0.800 bits per heavy atom. The lowest BCUT2D eigenvalue weighted by Gasteiger charge is -2.19. The van der Waals surface area contributed by atoms with Crippen molar-refractivity contribution in [3.63, 3.8) is 0 Å². The second-order valence-corrected chi connectivity index (χ2v) is 5.71. The van der Waals surface area contributed by atoms with Crippen LogP contribution in [0.15, 0.2) is 66.7 Å². The van der Waals surface area contributed by atoms with Crippen LogP contribution >= 0.6 is 0 Å². The summed E-state index contributed by atoms with van der Waals surface area (Å²) in [4.78, 5) is 0. The number of rotatable bonds is 2. The molecule has 0 radical (unpaired) electrons. The van der Waals surface area contributed by atoms with E-state index in [4.69, 9.17) is 0 Å². The molecule has 0 fully saturated rings. The van der Waals surface area contributed by atoms with Crippen LogP contribution in [-0.2, 0) is 6.18 Å². The molecule has 0 saturated carbocycles. The molecular weight excluding hydrogens is 323 g/mol. The number of hydrogen-bond acceptors (Lipinski definition) is 1. The van der Waals surface area contributed by atoms with Gasteiger partial charge in [0.2, 0.25) is 0 Å². The molecule has 0 aliphatic rings. The molecule has 0 atom stereocenters. The summed E-state index contributed by atoms with van der Waals surface area (Å²) >= 11 is 0. The molecular formula is C21H14F3N. The van der Waals surface area contributed by atoms with Crippen LogP contribution in [0.3, 0.4) is 0 Å². The van der Waals surface area contributed by atoms with Gasteiger partial charge in [-0.25, -0.2) is 0 Å². The molecule has 0 bridgehead atoms. The number of nitrogens with zero attached hydrogens (tertiary/aromatic N) is 1. The third-order valence-electron chi connectivity index (χ3n) is 4.07. The van der Waals surface area contributed by atoms with Gasteiger partial charge in [-0.1, -0.05) is 60.7 Å². The number of aryl methyl sites for hydroxylation is 1. The molecule has 1 nitrogen and oxygen atoms in total. The van der Waals surface area contributed by atoms with Crippen LogP contribution in [0.25, 0.3) is 22.3 Å². The number of halogens is 3. The molecule has 0 aliphatic heterocycles. The first kappa shape index (κ1) is 16.8. The molecule has 3 aromatic rings. The van der Waals surface area contributed by atoms with Crippen LogP contribution in [0.2, 0.25) is 0 Å². The lowest BCUT2D eigenvalue weighted by molar-refractivity contribution is -0.137. The minimum absolute atomic E-state index is 0.0460. The summed E-state index contributed by atoms with van der Waals surface area (Å²) in [5, 5.41) is 9.72. The highest BCUT2D eigenvalue weighted by molar-refractivity contribution is 5.86. The van der Waals surface area contributed by atoms with E-state index in [2.05, 4.69) is 0 Å². The molecule has 0 amide bonds. The number of alkyl halides is 3. The monoisotopic (exact) mass is 337 g/mol. The second kappa shape index (κ2) is 6.45. The molecule has 0 unspecified atom stereocenters. The highest BCUT2D eigenvalue weighted by Crippen LogP contribution is 2.43. The van der Waals surface area contributed by atoms with Gasteiger partial charge in [0.15, 0.2) is 0 Å². The summed E-state index contributed by atoms with van der Waals surface area (Å²) in [6, 6.07) is 20.4. The van der Waals surface area contributed by atoms with Crippen LogP contribution < -0.4 is 0 Å². The van der Waals surface area contributed by atoms with Crippen molar-refractivity contribution >= 4 is 0 Å². The normalized spacial score (nSPS) is 11.2. The maximum absolute atomic E-state index is 13.7. The minimum atomic E-state index is -4.54. The van der Waals surface area contributed by atoms with Gasteiger partial charge in [-0.2, -0.15) is 18.4 Å². The SMILES string of the molecule is Cc1cc(C(F)(F)F)c(-c2ccccc2)c(C#N)c1-c1ccccc1. The van der Waals surface area contributed by atoms with Crippen LogP contribution in [0.4, 0.5) is 13.2 Å². The Morgan fingerprint density at radius 2 is 1.28 bits per heavy atom. The molecule has 4 heteroatoms. The van der Waals surface area contributed by atoms with E-state index < -0.39 is 11.7 Å². The summed E-state index contributed by atoms with van der Waals surface area (Å²) in [6.45, 7) is 1.60. The maximum Gasteiger partial charge on any atom is 0.417 e. The summed E-state index contributed by atoms with van der Waals surface area (Å²) in [5.41, 5.74) is 1.26. The van der Waals surface area contributed by atoms with Gasteiger partial charge < -0.3 is 0 Å². The molecule has 0 aromatic heterocycles. The van der Waals surface area contributed by atoms with Crippen molar-refractivity contribution in [2.24, 2.45) is 0 Å². The predicted octanol–water partition coefficient (Wildman–Crippen LogP) is 6.22. The lowest BCUT2D eigenvalue weighted by atomic mass is 9.85. The zero-order valence-electron chi connectivity index (χ0n) is 13.4. The van der Waals surface area contributed by atoms with Crippen LogP contribution in [0.5, 0.6) is 0 Å². The van der Waals surface area contributed by atoms with E-state index in [0.717, 1.165) is 11.6 Å². The van der Waals surface area contributed by atoms with Crippen LogP contribution in [0.1, 0.15) is 16.7 Å². The highest BCUT2D eigenvalue weighted by atomic mass is 19.4. The van der Waals surface area contributed by atoms with Gasteiger partial charge in [-0.3, -0.25) is 0 Å². The Hall–Kier alpha value is -3.06. The van der Waals surface area contributed by atoms with Gasteiger partial charge >= 0.3 is 6.18 Å². The average Bonchev–Trinajstić information content (AvgIpc) is 2.61. The van der Waals surface area contributed by atoms with Gasteiger partial charge in [0.05, 0.1) is 11.1 Å². The first-order valence-electron chi connectivity index (χ1n) is 7.69. The van der Waals surface area contributed by atoms with Gasteiger partial charge in [-0.05, 0) is 29.7 Å². The van der Waals surface area contributed by atoms with Crippen molar-refractivity contribution in [2.45, 2.75) is 13.1 Å². The lowest BCUT2D eigenvalue weighted by Crippen LogP contribution is -2.10. The van der Waals surface area contributed by atoms with Crippen molar-refractivity contribution in [1.29, 1.82) is 5.26 Å². The standard InChI is InChI=1S/C21H14F3N/c1-14-12-18(21(22,23)24)20(16-10-6-3-7-11-16)17(13-25)19(14)15-8-4-2-5-9-15/h2-12H,1H3. The molecule has 0 spiro atoms. The summed E-state index contributed by atoms with van der Waals surface area (Å²) in [6.07, 6.45) is -4.54. The molecule has 0 aliphatic carbocycles. The molecule has 3 rings (SSSR count). The maximum atomic E-state index is 13.7. The fraction of sp³-hybridized carbons (Fsp3) is 0.0952. The van der Waals surface area contributed by atoms with E-state index in [0.29, 0.717) is 16.7 Å². The zero-order valence-corrected chi connectivity index (χ0v) is 13.4. The van der Waals surface area contributed by atoms with Crippen LogP contribution in [-0.4, -0.2) is 0 Å². The van der Waals surface area contributed by atoms with E-state index in [9.17, 15) is 18.4 Å². The quantitative estimate of drug-likeness (QED) is 0.544. The molecule has 0 N–H and O–H groups in total. The van der Waals surface area contributed by atoms with Gasteiger partial charge in [0, 0.05) is 11.1 Å². The number of nitriles is 1. The number of benzene rings is 3. The van der Waals surface area contributed by atoms with Crippen LogP contribution in [0, 0.1) is 18.3 Å². The molecule has 25 heavy (non-hydrogen) atoms. The third-order valence-corrected chi connectivity index (χ3v) is 4.07. The Balaban J connectivity index is 2.44. The minimum Gasteiger partial charge on any atom is -0.192 e. The van der Waals surface area contributed by atoms with E-state index in [1.165, 1.54) is 0 Å². The third kappa shape index (κ3) is 3.14. The van der Waals surface area contributed by atoms with E-state index in [1.54, 1.807) is 61.5 Å². The van der Waals surface area contributed by atoms with E-state index in [1.807, 2.05) is 12.1 Å². The van der Waals surface area contributed by atoms with Crippen molar-refractivity contribution in [2.75, 3.05) is 0 Å². The first-order valence-corrected chi connectivity index (χ1v) is 7.69. The largest absolute Gasteiger partial charge is 0.417 e. The van der Waals surface area contributed by atoms with E-state index >= 15 is 0 Å². The molecule has 3 aromatic carbocycles. The summed E-state index contributed by atoms with van der Waals surface area (Å²) < 4.78 is 41.0. The number of hydrogen-bond donors (Lipinski definition) is 0. The first-order chi connectivity index (χ1) is 11.9. The topological polar surface area (TPSA) is 23.8 Å². The van der Waals surface area contributed by atoms with Gasteiger partial charge in [0.25, 0.3) is 0 Å². The van der Waals surface area contributed by atoms with Crippen molar-refractivity contribution in [1.82, 2.24) is 0 Å². The fourth-order valence-corrected chi connectivity index (χ4v) is 3.03. The van der Waals surface area contributed by atoms with Crippen molar-refractivity contribution in [3.8, 4) is 28.3 Å². The Morgan fingerprint density at radius 3 is 1.72 bits per heavy atom. The zero-order chi connectivity index (χ0) is 18.0. The van der Waals surface area contributed by atoms with Crippen molar-refractivity contribution < 1.29 is 13.2 Å². The summed E-state index contributed by atoms with van der Waals surface area (Å²) in [5.74, 6) is 0. The predicted molar refractivity (Wildman–Crippen MR) is 91.8 cm³/mol. The highest BCUT2D eigenvalue weighted by Gasteiger charge is 2.36. The molecule has 124 valence electrons. The molecule has 0 heterocycles. The Labute approximate surface area is 144 Å².